The van der Waals surface area contributed by atoms with E-state index in [0.717, 1.165) is 28.7 Å². The molecule has 7 heteroatoms. The van der Waals surface area contributed by atoms with E-state index in [0.29, 0.717) is 23.8 Å². The molecule has 3 rings (SSSR count). The molecule has 108 valence electrons. The Labute approximate surface area is 130 Å². The van der Waals surface area contributed by atoms with Crippen LogP contribution in [-0.4, -0.2) is 34.6 Å². The van der Waals surface area contributed by atoms with Crippen LogP contribution in [0.1, 0.15) is 21.7 Å². The molecule has 0 saturated carbocycles. The summed E-state index contributed by atoms with van der Waals surface area (Å²) in [5.74, 6) is -0.000684. The van der Waals surface area contributed by atoms with E-state index in [1.54, 1.807) is 6.20 Å². The molecule has 6 nitrogen and oxygen atoms in total. The molecule has 2 aromatic heterocycles. The molecule has 0 spiro atoms. The van der Waals surface area contributed by atoms with E-state index in [4.69, 9.17) is 4.74 Å². The van der Waals surface area contributed by atoms with E-state index in [9.17, 15) is 4.79 Å². The Hall–Kier alpha value is -1.86. The third-order valence-electron chi connectivity index (χ3n) is 3.27. The lowest BCUT2D eigenvalue weighted by atomic mass is 10.0. The largest absolute Gasteiger partial charge is 0.464 e. The molecule has 0 fully saturated rings. The van der Waals surface area contributed by atoms with Crippen molar-refractivity contribution < 1.29 is 9.53 Å². The summed E-state index contributed by atoms with van der Waals surface area (Å²) < 4.78 is 5.70. The van der Waals surface area contributed by atoms with Crippen LogP contribution in [0.3, 0.4) is 0 Å². The molecule has 2 aromatic rings. The number of hydrogen-bond acceptors (Lipinski definition) is 6. The van der Waals surface area contributed by atoms with Gasteiger partial charge in [0.25, 0.3) is 0 Å². The zero-order valence-electron chi connectivity index (χ0n) is 11.4. The maximum Gasteiger partial charge on any atom is 0.357 e. The average molecular weight is 349 g/mol. The smallest absolute Gasteiger partial charge is 0.357 e. The summed E-state index contributed by atoms with van der Waals surface area (Å²) in [4.78, 5) is 25.1. The van der Waals surface area contributed by atoms with E-state index < -0.39 is 5.97 Å². The number of pyridine rings is 1. The van der Waals surface area contributed by atoms with Crippen molar-refractivity contribution in [3.8, 4) is 11.5 Å². The van der Waals surface area contributed by atoms with Crippen molar-refractivity contribution in [3.05, 3.63) is 39.8 Å². The van der Waals surface area contributed by atoms with Crippen LogP contribution in [0.2, 0.25) is 0 Å². The topological polar surface area (TPSA) is 77.0 Å². The Balaban J connectivity index is 2.13. The predicted molar refractivity (Wildman–Crippen MR) is 79.7 cm³/mol. The third kappa shape index (κ3) is 2.79. The Morgan fingerprint density at radius 2 is 2.24 bits per heavy atom. The molecule has 21 heavy (non-hydrogen) atoms. The Morgan fingerprint density at radius 1 is 1.38 bits per heavy atom. The van der Waals surface area contributed by atoms with E-state index in [-0.39, 0.29) is 0 Å². The predicted octanol–water partition coefficient (Wildman–Crippen LogP) is 1.73. The highest BCUT2D eigenvalue weighted by Gasteiger charge is 2.23. The summed E-state index contributed by atoms with van der Waals surface area (Å²) in [6, 6.07) is 3.68. The SMILES string of the molecule is COC(=O)c1nc(-c2ccc(Br)cn2)nc2c1CNCC2. The first kappa shape index (κ1) is 14.1. The number of nitrogens with one attached hydrogen (secondary N) is 1. The van der Waals surface area contributed by atoms with Gasteiger partial charge in [-0.3, -0.25) is 4.98 Å². The Kier molecular flexibility index (Phi) is 3.94. The second kappa shape index (κ2) is 5.87. The summed E-state index contributed by atoms with van der Waals surface area (Å²) >= 11 is 3.34. The van der Waals surface area contributed by atoms with Gasteiger partial charge in [-0.25, -0.2) is 14.8 Å². The fourth-order valence-electron chi connectivity index (χ4n) is 2.23. The number of nitrogens with zero attached hydrogens (tertiary/aromatic N) is 3. The number of ether oxygens (including phenoxy) is 1. The van der Waals surface area contributed by atoms with E-state index in [1.807, 2.05) is 12.1 Å². The van der Waals surface area contributed by atoms with Crippen molar-refractivity contribution in [2.75, 3.05) is 13.7 Å². The van der Waals surface area contributed by atoms with Crippen molar-refractivity contribution in [2.45, 2.75) is 13.0 Å². The molecule has 0 saturated heterocycles. The van der Waals surface area contributed by atoms with E-state index in [1.165, 1.54) is 7.11 Å². The molecule has 0 bridgehead atoms. The number of carbonyl (C=O) groups is 1. The van der Waals surface area contributed by atoms with Crippen molar-refractivity contribution in [3.63, 3.8) is 0 Å². The number of esters is 1. The molecule has 0 unspecified atom stereocenters. The number of fused-ring (bicyclic) bond motifs is 1. The molecule has 0 aliphatic carbocycles. The summed E-state index contributed by atoms with van der Waals surface area (Å²) in [7, 11) is 1.35. The first-order chi connectivity index (χ1) is 10.2. The lowest BCUT2D eigenvalue weighted by molar-refractivity contribution is 0.0592. The summed E-state index contributed by atoms with van der Waals surface area (Å²) in [6.07, 6.45) is 2.43. The maximum atomic E-state index is 12.0. The molecule has 3 heterocycles. The minimum Gasteiger partial charge on any atom is -0.464 e. The molecular weight excluding hydrogens is 336 g/mol. The number of carbonyl (C=O) groups excluding carboxylic acids is 1. The van der Waals surface area contributed by atoms with Crippen molar-refractivity contribution in [1.82, 2.24) is 20.3 Å². The van der Waals surface area contributed by atoms with Gasteiger partial charge in [0.05, 0.1) is 12.8 Å². The lowest BCUT2D eigenvalue weighted by Gasteiger charge is -2.18. The molecule has 0 atom stereocenters. The standard InChI is InChI=1S/C14H13BrN4O2/c1-21-14(20)12-9-7-16-5-4-10(9)18-13(19-12)11-3-2-8(15)6-17-11/h2-3,6,16H,4-5,7H2,1H3. The quantitative estimate of drug-likeness (QED) is 0.833. The molecule has 1 aliphatic rings. The van der Waals surface area contributed by atoms with Crippen LogP contribution in [0.25, 0.3) is 11.5 Å². The van der Waals surface area contributed by atoms with Gasteiger partial charge in [-0.15, -0.1) is 0 Å². The summed E-state index contributed by atoms with van der Waals surface area (Å²) in [6.45, 7) is 1.41. The van der Waals surface area contributed by atoms with Gasteiger partial charge in [0, 0.05) is 35.7 Å². The summed E-state index contributed by atoms with van der Waals surface area (Å²) in [5.41, 5.74) is 2.64. The van der Waals surface area contributed by atoms with Gasteiger partial charge in [-0.2, -0.15) is 0 Å². The minimum absolute atomic E-state index is 0.314. The molecule has 0 aromatic carbocycles. The van der Waals surface area contributed by atoms with Crippen LogP contribution in [0.5, 0.6) is 0 Å². The highest BCUT2D eigenvalue weighted by molar-refractivity contribution is 9.10. The summed E-state index contributed by atoms with van der Waals surface area (Å²) in [5, 5.41) is 3.22. The monoisotopic (exact) mass is 348 g/mol. The number of rotatable bonds is 2. The zero-order chi connectivity index (χ0) is 14.8. The van der Waals surface area contributed by atoms with Crippen LogP contribution in [0, 0.1) is 0 Å². The average Bonchev–Trinajstić information content (AvgIpc) is 2.53. The van der Waals surface area contributed by atoms with Gasteiger partial charge in [-0.1, -0.05) is 0 Å². The number of hydrogen-bond donors (Lipinski definition) is 1. The molecule has 1 aliphatic heterocycles. The maximum absolute atomic E-state index is 12.0. The van der Waals surface area contributed by atoms with Gasteiger partial charge < -0.3 is 10.1 Å². The molecule has 1 N–H and O–H groups in total. The fourth-order valence-corrected chi connectivity index (χ4v) is 2.47. The zero-order valence-corrected chi connectivity index (χ0v) is 13.0. The second-order valence-corrected chi connectivity index (χ2v) is 5.52. The van der Waals surface area contributed by atoms with Crippen molar-refractivity contribution in [2.24, 2.45) is 0 Å². The number of aromatic nitrogens is 3. The van der Waals surface area contributed by atoms with Crippen LogP contribution in [0.4, 0.5) is 0 Å². The van der Waals surface area contributed by atoms with Crippen LogP contribution >= 0.6 is 15.9 Å². The van der Waals surface area contributed by atoms with Gasteiger partial charge in [0.1, 0.15) is 5.69 Å². The fraction of sp³-hybridized carbons (Fsp3) is 0.286. The van der Waals surface area contributed by atoms with E-state index in [2.05, 4.69) is 36.2 Å². The molecular formula is C14H13BrN4O2. The first-order valence-corrected chi connectivity index (χ1v) is 7.29. The third-order valence-corrected chi connectivity index (χ3v) is 3.74. The van der Waals surface area contributed by atoms with Crippen LogP contribution in [-0.2, 0) is 17.7 Å². The van der Waals surface area contributed by atoms with Crippen LogP contribution < -0.4 is 5.32 Å². The highest BCUT2D eigenvalue weighted by atomic mass is 79.9. The highest BCUT2D eigenvalue weighted by Crippen LogP contribution is 2.22. The number of methoxy groups -OCH3 is 1. The van der Waals surface area contributed by atoms with Gasteiger partial charge in [-0.05, 0) is 28.1 Å². The Morgan fingerprint density at radius 3 is 2.95 bits per heavy atom. The van der Waals surface area contributed by atoms with Gasteiger partial charge in [0.2, 0.25) is 0 Å². The lowest BCUT2D eigenvalue weighted by Crippen LogP contribution is -2.28. The molecule has 0 radical (unpaired) electrons. The van der Waals surface area contributed by atoms with Gasteiger partial charge >= 0.3 is 5.97 Å². The molecule has 0 amide bonds. The van der Waals surface area contributed by atoms with Gasteiger partial charge in [0.15, 0.2) is 11.5 Å². The van der Waals surface area contributed by atoms with Crippen molar-refractivity contribution >= 4 is 21.9 Å². The van der Waals surface area contributed by atoms with Crippen molar-refractivity contribution in [1.29, 1.82) is 0 Å². The number of halogens is 1. The van der Waals surface area contributed by atoms with E-state index >= 15 is 0 Å². The Bertz CT molecular complexity index is 688. The normalized spacial score (nSPS) is 13.6. The second-order valence-electron chi connectivity index (χ2n) is 4.60. The van der Waals surface area contributed by atoms with Crippen LogP contribution in [0.15, 0.2) is 22.8 Å². The minimum atomic E-state index is -0.448. The first-order valence-electron chi connectivity index (χ1n) is 6.50.